The number of ether oxygens (including phenoxy) is 11. The van der Waals surface area contributed by atoms with Gasteiger partial charge < -0.3 is 62.3 Å². The van der Waals surface area contributed by atoms with Crippen molar-refractivity contribution < 1.29 is 62.3 Å². The first kappa shape index (κ1) is 49.8. The lowest BCUT2D eigenvalue weighted by Gasteiger charge is -2.27. The van der Waals surface area contributed by atoms with Gasteiger partial charge in [0.1, 0.15) is 54.9 Å². The predicted molar refractivity (Wildman–Crippen MR) is 257 cm³/mol. The molecule has 2 N–H and O–H groups in total. The highest BCUT2D eigenvalue weighted by Gasteiger charge is 2.52. The molecular weight excluding hydrogens is 893 g/mol. The lowest BCUT2D eigenvalue weighted by Crippen LogP contribution is -2.42. The summed E-state index contributed by atoms with van der Waals surface area (Å²) in [4.78, 5) is 0. The molecule has 0 aromatic heterocycles. The van der Waals surface area contributed by atoms with Crippen LogP contribution >= 0.6 is 0 Å². The molecule has 13 nitrogen and oxygen atoms in total. The van der Waals surface area contributed by atoms with Crippen LogP contribution in [0.1, 0.15) is 33.4 Å². The number of hydrogen-bond donors (Lipinski definition) is 2. The minimum Gasteiger partial charge on any atom is -0.385 e. The highest BCUT2D eigenvalue weighted by Crippen LogP contribution is 2.34. The molecule has 3 fully saturated rings. The second-order valence-electron chi connectivity index (χ2n) is 17.6. The second-order valence-corrected chi connectivity index (χ2v) is 17.6. The molecule has 12 atom stereocenters. The van der Waals surface area contributed by atoms with E-state index in [0.29, 0.717) is 6.61 Å². The van der Waals surface area contributed by atoms with Crippen molar-refractivity contribution >= 4 is 0 Å². The van der Waals surface area contributed by atoms with Gasteiger partial charge in [0.05, 0.1) is 59.5 Å². The third-order valence-electron chi connectivity index (χ3n) is 12.5. The number of rotatable bonds is 25. The lowest BCUT2D eigenvalue weighted by molar-refractivity contribution is -0.221. The smallest absolute Gasteiger partial charge is 0.187 e. The van der Waals surface area contributed by atoms with Crippen molar-refractivity contribution in [1.29, 1.82) is 0 Å². The second kappa shape index (κ2) is 25.8. The van der Waals surface area contributed by atoms with Crippen LogP contribution in [0.15, 0.2) is 182 Å². The van der Waals surface area contributed by atoms with Gasteiger partial charge in [-0.25, -0.2) is 0 Å². The molecule has 3 aliphatic heterocycles. The van der Waals surface area contributed by atoms with Crippen molar-refractivity contribution in [3.63, 3.8) is 0 Å². The van der Waals surface area contributed by atoms with Gasteiger partial charge in [-0.1, -0.05) is 182 Å². The molecule has 3 aliphatic rings. The standard InChI is InChI=1S/C57H62O13/c58-49-50(61-32-41-21-9-2-10-22-41)46(37-60-31-40-19-7-1-8-20-40)69-56(49)66-39-48-52(63-34-43-25-13-4-14-26-43)54(65-36-45-29-17-6-18-30-45)57(70-48)67-38-47-51(62-33-42-23-11-3-12-24-42)53(55(59)68-47)64-35-44-27-15-5-16-28-44/h1-30,46-59H,31-39H2/t46-,47-,48-,49+,50-,51-,52-,53+,54+,55+,56+,57+/m1/s1. The summed E-state index contributed by atoms with van der Waals surface area (Å²) in [6.07, 6.45) is -10.5. The average Bonchev–Trinajstić information content (AvgIpc) is 4.02. The van der Waals surface area contributed by atoms with Crippen molar-refractivity contribution in [3.8, 4) is 0 Å². The van der Waals surface area contributed by atoms with E-state index in [2.05, 4.69) is 0 Å². The molecule has 0 aliphatic carbocycles. The molecule has 9 rings (SSSR count). The van der Waals surface area contributed by atoms with Gasteiger partial charge in [-0.15, -0.1) is 0 Å². The molecule has 6 aromatic rings. The fraction of sp³-hybridized carbons (Fsp3) is 0.368. The summed E-state index contributed by atoms with van der Waals surface area (Å²) in [5, 5.41) is 23.1. The fourth-order valence-electron chi connectivity index (χ4n) is 8.82. The Kier molecular flexibility index (Phi) is 18.3. The van der Waals surface area contributed by atoms with Gasteiger partial charge in [-0.2, -0.15) is 0 Å². The Hall–Kier alpha value is -5.20. The first-order chi connectivity index (χ1) is 34.5. The molecule has 0 bridgehead atoms. The average molecular weight is 955 g/mol. The lowest BCUT2D eigenvalue weighted by atomic mass is 10.1. The third kappa shape index (κ3) is 13.8. The predicted octanol–water partition coefficient (Wildman–Crippen LogP) is 7.69. The maximum Gasteiger partial charge on any atom is 0.187 e. The van der Waals surface area contributed by atoms with Crippen molar-refractivity contribution in [2.45, 2.75) is 113 Å². The molecule has 0 saturated carbocycles. The molecule has 3 heterocycles. The molecule has 13 heteroatoms. The van der Waals surface area contributed by atoms with E-state index in [1.54, 1.807) is 0 Å². The third-order valence-corrected chi connectivity index (χ3v) is 12.5. The Morgan fingerprint density at radius 1 is 0.300 bits per heavy atom. The maximum atomic E-state index is 11.8. The minimum atomic E-state index is -1.29. The summed E-state index contributed by atoms with van der Waals surface area (Å²) in [6.45, 7) is 1.65. The van der Waals surface area contributed by atoms with Crippen LogP contribution in [0.3, 0.4) is 0 Å². The first-order valence-electron chi connectivity index (χ1n) is 24.0. The molecule has 0 radical (unpaired) electrons. The Morgan fingerprint density at radius 3 is 1.06 bits per heavy atom. The van der Waals surface area contributed by atoms with Gasteiger partial charge in [0.25, 0.3) is 0 Å². The van der Waals surface area contributed by atoms with Gasteiger partial charge in [0.2, 0.25) is 0 Å². The van der Waals surface area contributed by atoms with Crippen molar-refractivity contribution in [2.75, 3.05) is 19.8 Å². The van der Waals surface area contributed by atoms with E-state index >= 15 is 0 Å². The van der Waals surface area contributed by atoms with Gasteiger partial charge in [0, 0.05) is 0 Å². The fourth-order valence-corrected chi connectivity index (χ4v) is 8.82. The zero-order valence-corrected chi connectivity index (χ0v) is 39.0. The Balaban J connectivity index is 0.925. The zero-order chi connectivity index (χ0) is 47.7. The van der Waals surface area contributed by atoms with Crippen LogP contribution < -0.4 is 0 Å². The van der Waals surface area contributed by atoms with E-state index in [1.165, 1.54) is 0 Å². The summed E-state index contributed by atoms with van der Waals surface area (Å²) in [6, 6.07) is 58.8. The highest BCUT2D eigenvalue weighted by molar-refractivity contribution is 5.18. The Bertz CT molecular complexity index is 2370. The van der Waals surface area contributed by atoms with Crippen LogP contribution in [-0.2, 0) is 91.7 Å². The van der Waals surface area contributed by atoms with E-state index in [4.69, 9.17) is 52.1 Å². The Labute approximate surface area is 409 Å². The van der Waals surface area contributed by atoms with Crippen LogP contribution in [0.2, 0.25) is 0 Å². The first-order valence-corrected chi connectivity index (χ1v) is 24.0. The van der Waals surface area contributed by atoms with E-state index in [1.807, 2.05) is 182 Å². The molecule has 0 unspecified atom stereocenters. The number of aliphatic hydroxyl groups is 2. The zero-order valence-electron chi connectivity index (χ0n) is 39.0. The van der Waals surface area contributed by atoms with E-state index in [0.717, 1.165) is 33.4 Å². The van der Waals surface area contributed by atoms with Gasteiger partial charge in [-0.05, 0) is 33.4 Å². The van der Waals surface area contributed by atoms with Crippen LogP contribution in [0.25, 0.3) is 0 Å². The Morgan fingerprint density at radius 2 is 0.614 bits per heavy atom. The van der Waals surface area contributed by atoms with Gasteiger partial charge in [0.15, 0.2) is 18.9 Å². The minimum absolute atomic E-state index is 0.0495. The summed E-state index contributed by atoms with van der Waals surface area (Å²) < 4.78 is 71.1. The molecule has 70 heavy (non-hydrogen) atoms. The van der Waals surface area contributed by atoms with E-state index in [-0.39, 0.29) is 52.9 Å². The van der Waals surface area contributed by atoms with Gasteiger partial charge in [-0.3, -0.25) is 0 Å². The largest absolute Gasteiger partial charge is 0.385 e. The SMILES string of the molecule is O[C@@H]1[C@@H](OC[C@H]2O[C@H](OC[C@H]3O[C@H](O)[C@@H](OCc4ccccc4)[C@@H]3OCc3ccccc3)[C@@H](OCc3ccccc3)[C@@H]2OCc2ccccc2)O[C@H](COCc2ccccc2)[C@H]1OCc1ccccc1. The normalized spacial score (nSPS) is 27.5. The summed E-state index contributed by atoms with van der Waals surface area (Å²) in [7, 11) is 0. The monoisotopic (exact) mass is 954 g/mol. The molecule has 6 aromatic carbocycles. The van der Waals surface area contributed by atoms with Crippen molar-refractivity contribution in [3.05, 3.63) is 215 Å². The maximum absolute atomic E-state index is 11.8. The molecular formula is C57H62O13. The topological polar surface area (TPSA) is 142 Å². The number of benzene rings is 6. The highest BCUT2D eigenvalue weighted by atomic mass is 16.8. The number of hydrogen-bond acceptors (Lipinski definition) is 13. The molecule has 368 valence electrons. The number of aliphatic hydroxyl groups excluding tert-OH is 2. The summed E-state index contributed by atoms with van der Waals surface area (Å²) in [5.41, 5.74) is 5.77. The molecule has 0 amide bonds. The van der Waals surface area contributed by atoms with Crippen LogP contribution in [-0.4, -0.2) is 104 Å². The van der Waals surface area contributed by atoms with Gasteiger partial charge >= 0.3 is 0 Å². The van der Waals surface area contributed by atoms with Crippen LogP contribution in [0.4, 0.5) is 0 Å². The summed E-state index contributed by atoms with van der Waals surface area (Å²) >= 11 is 0. The molecule has 3 saturated heterocycles. The van der Waals surface area contributed by atoms with E-state index in [9.17, 15) is 10.2 Å². The molecule has 0 spiro atoms. The van der Waals surface area contributed by atoms with Crippen molar-refractivity contribution in [1.82, 2.24) is 0 Å². The van der Waals surface area contributed by atoms with Crippen LogP contribution in [0.5, 0.6) is 0 Å². The van der Waals surface area contributed by atoms with Crippen LogP contribution in [0, 0.1) is 0 Å². The quantitative estimate of drug-likeness (QED) is 0.0580. The van der Waals surface area contributed by atoms with Crippen molar-refractivity contribution in [2.24, 2.45) is 0 Å². The van der Waals surface area contributed by atoms with E-state index < -0.39 is 73.8 Å². The summed E-state index contributed by atoms with van der Waals surface area (Å²) in [5.74, 6) is 0.